The lowest BCUT2D eigenvalue weighted by molar-refractivity contribution is -0.117. The number of benzene rings is 2. The lowest BCUT2D eigenvalue weighted by atomic mass is 9.95. The van der Waals surface area contributed by atoms with Gasteiger partial charge in [-0.2, -0.15) is 0 Å². The molecule has 2 aliphatic carbocycles. The first-order valence-corrected chi connectivity index (χ1v) is 11.4. The minimum atomic E-state index is 0.138. The molecule has 0 radical (unpaired) electrons. The summed E-state index contributed by atoms with van der Waals surface area (Å²) in [7, 11) is 0. The van der Waals surface area contributed by atoms with Gasteiger partial charge in [-0.25, -0.2) is 0 Å². The topological polar surface area (TPSA) is 32.3 Å². The first-order valence-electron chi connectivity index (χ1n) is 11.1. The summed E-state index contributed by atoms with van der Waals surface area (Å²) < 4.78 is 0. The van der Waals surface area contributed by atoms with Gasteiger partial charge in [0.2, 0.25) is 5.91 Å². The molecule has 1 N–H and O–H groups in total. The van der Waals surface area contributed by atoms with Crippen molar-refractivity contribution in [2.45, 2.75) is 51.0 Å². The number of para-hydroxylation sites is 1. The van der Waals surface area contributed by atoms with Gasteiger partial charge in [-0.05, 0) is 92.2 Å². The molecule has 4 heteroatoms. The molecule has 3 aliphatic rings. The second-order valence-corrected chi connectivity index (χ2v) is 9.60. The maximum Gasteiger partial charge on any atom is 0.224 e. The van der Waals surface area contributed by atoms with Gasteiger partial charge in [0.05, 0.1) is 0 Å². The maximum absolute atomic E-state index is 12.5. The highest BCUT2D eigenvalue weighted by molar-refractivity contribution is 6.30. The summed E-state index contributed by atoms with van der Waals surface area (Å²) in [4.78, 5) is 15.2. The van der Waals surface area contributed by atoms with Crippen LogP contribution in [-0.4, -0.2) is 18.5 Å². The smallest absolute Gasteiger partial charge is 0.224 e. The molecule has 1 aliphatic heterocycles. The van der Waals surface area contributed by atoms with Crippen molar-refractivity contribution in [1.29, 1.82) is 0 Å². The Balaban J connectivity index is 1.16. The maximum atomic E-state index is 12.5. The summed E-state index contributed by atoms with van der Waals surface area (Å²) >= 11 is 5.92. The van der Waals surface area contributed by atoms with E-state index in [4.69, 9.17) is 11.6 Å². The van der Waals surface area contributed by atoms with Crippen molar-refractivity contribution < 1.29 is 4.79 Å². The normalized spacial score (nSPS) is 28.1. The Morgan fingerprint density at radius 1 is 1.00 bits per heavy atom. The van der Waals surface area contributed by atoms with Crippen LogP contribution in [0.1, 0.15) is 44.1 Å². The van der Waals surface area contributed by atoms with E-state index in [0.29, 0.717) is 23.4 Å². The van der Waals surface area contributed by atoms with E-state index >= 15 is 0 Å². The van der Waals surface area contributed by atoms with Gasteiger partial charge >= 0.3 is 0 Å². The number of rotatable bonds is 4. The van der Waals surface area contributed by atoms with Crippen molar-refractivity contribution in [3.63, 3.8) is 0 Å². The van der Waals surface area contributed by atoms with E-state index in [-0.39, 0.29) is 5.91 Å². The minimum Gasteiger partial charge on any atom is -0.368 e. The molecule has 1 heterocycles. The standard InChI is InChI=1S/C25H29ClN2O/c26-21-7-9-22(10-8-21)27-25(29)14-17-12-19-15-23(16-20(19)13-17)28-11-3-5-18-4-1-2-6-24(18)28/h1-2,4,6-10,17,19-20,23H,3,5,11-16H2,(H,27,29)/t17-,19-,20+,23-. The fourth-order valence-corrected chi connectivity index (χ4v) is 6.21. The Morgan fingerprint density at radius 2 is 1.72 bits per heavy atom. The predicted molar refractivity (Wildman–Crippen MR) is 120 cm³/mol. The highest BCUT2D eigenvalue weighted by Crippen LogP contribution is 2.50. The summed E-state index contributed by atoms with van der Waals surface area (Å²) in [6.07, 6.45) is 8.16. The minimum absolute atomic E-state index is 0.138. The van der Waals surface area contributed by atoms with Gasteiger partial charge in [0.1, 0.15) is 0 Å². The molecule has 0 bridgehead atoms. The number of hydrogen-bond acceptors (Lipinski definition) is 2. The van der Waals surface area contributed by atoms with E-state index in [2.05, 4.69) is 34.5 Å². The fraction of sp³-hybridized carbons (Fsp3) is 0.480. The number of nitrogens with one attached hydrogen (secondary N) is 1. The van der Waals surface area contributed by atoms with Crippen molar-refractivity contribution in [3.05, 3.63) is 59.1 Å². The Bertz CT molecular complexity index is 867. The summed E-state index contributed by atoms with van der Waals surface area (Å²) in [6, 6.07) is 17.0. The average Bonchev–Trinajstić information content (AvgIpc) is 3.28. The lowest BCUT2D eigenvalue weighted by Crippen LogP contribution is -2.38. The van der Waals surface area contributed by atoms with Gasteiger partial charge in [-0.1, -0.05) is 29.8 Å². The first kappa shape index (κ1) is 19.0. The van der Waals surface area contributed by atoms with Crippen LogP contribution in [0.2, 0.25) is 5.02 Å². The summed E-state index contributed by atoms with van der Waals surface area (Å²) in [5, 5.41) is 3.72. The number of carbonyl (C=O) groups excluding carboxylic acids is 1. The largest absolute Gasteiger partial charge is 0.368 e. The number of amides is 1. The molecule has 4 atom stereocenters. The van der Waals surface area contributed by atoms with Gasteiger partial charge in [-0.3, -0.25) is 4.79 Å². The highest BCUT2D eigenvalue weighted by Gasteiger charge is 2.44. The van der Waals surface area contributed by atoms with Crippen molar-refractivity contribution >= 4 is 28.9 Å². The molecule has 2 fully saturated rings. The molecular formula is C25H29ClN2O. The molecule has 0 unspecified atom stereocenters. The molecule has 3 nitrogen and oxygen atoms in total. The zero-order chi connectivity index (χ0) is 19.8. The van der Waals surface area contributed by atoms with Crippen LogP contribution in [0.4, 0.5) is 11.4 Å². The molecule has 1 amide bonds. The highest BCUT2D eigenvalue weighted by atomic mass is 35.5. The number of carbonyl (C=O) groups is 1. The molecule has 29 heavy (non-hydrogen) atoms. The molecule has 5 rings (SSSR count). The number of nitrogens with zero attached hydrogens (tertiary/aromatic N) is 1. The van der Waals surface area contributed by atoms with Gasteiger partial charge in [0, 0.05) is 35.4 Å². The Morgan fingerprint density at radius 3 is 2.48 bits per heavy atom. The third kappa shape index (κ3) is 4.02. The average molecular weight is 409 g/mol. The number of fused-ring (bicyclic) bond motifs is 2. The monoisotopic (exact) mass is 408 g/mol. The molecule has 2 aromatic rings. The van der Waals surface area contributed by atoms with Crippen LogP contribution in [-0.2, 0) is 11.2 Å². The third-order valence-corrected chi connectivity index (χ3v) is 7.53. The van der Waals surface area contributed by atoms with Gasteiger partial charge in [-0.15, -0.1) is 0 Å². The molecule has 0 aromatic heterocycles. The van der Waals surface area contributed by atoms with E-state index in [0.717, 1.165) is 17.5 Å². The van der Waals surface area contributed by atoms with Crippen molar-refractivity contribution in [2.75, 3.05) is 16.8 Å². The van der Waals surface area contributed by atoms with Crippen LogP contribution in [0.15, 0.2) is 48.5 Å². The SMILES string of the molecule is O=C(C[C@@H]1C[C@@H]2C[C@@H](N3CCCc4ccccc43)C[C@@H]2C1)Nc1ccc(Cl)cc1. The van der Waals surface area contributed by atoms with E-state index < -0.39 is 0 Å². The van der Waals surface area contributed by atoms with Crippen LogP contribution >= 0.6 is 11.6 Å². The first-order chi connectivity index (χ1) is 14.2. The van der Waals surface area contributed by atoms with Crippen molar-refractivity contribution in [2.24, 2.45) is 17.8 Å². The summed E-state index contributed by atoms with van der Waals surface area (Å²) in [5.41, 5.74) is 3.83. The number of hydrogen-bond donors (Lipinski definition) is 1. The lowest BCUT2D eigenvalue weighted by Gasteiger charge is -2.37. The molecule has 0 spiro atoms. The van der Waals surface area contributed by atoms with Crippen LogP contribution in [0.3, 0.4) is 0 Å². The van der Waals surface area contributed by atoms with Crippen LogP contribution < -0.4 is 10.2 Å². The Labute approximate surface area is 178 Å². The van der Waals surface area contributed by atoms with E-state index in [1.165, 1.54) is 56.3 Å². The van der Waals surface area contributed by atoms with Crippen LogP contribution in [0.5, 0.6) is 0 Å². The van der Waals surface area contributed by atoms with E-state index in [1.807, 2.05) is 24.3 Å². The Hall–Kier alpha value is -2.00. The quantitative estimate of drug-likeness (QED) is 0.680. The molecule has 2 saturated carbocycles. The summed E-state index contributed by atoms with van der Waals surface area (Å²) in [5.74, 6) is 2.26. The zero-order valence-electron chi connectivity index (χ0n) is 16.8. The summed E-state index contributed by atoms with van der Waals surface area (Å²) in [6.45, 7) is 1.20. The van der Waals surface area contributed by atoms with Crippen LogP contribution in [0.25, 0.3) is 0 Å². The second-order valence-electron chi connectivity index (χ2n) is 9.17. The van der Waals surface area contributed by atoms with Crippen molar-refractivity contribution in [1.82, 2.24) is 0 Å². The number of halogens is 1. The molecule has 152 valence electrons. The number of aryl methyl sites for hydroxylation is 1. The van der Waals surface area contributed by atoms with Gasteiger partial charge < -0.3 is 10.2 Å². The third-order valence-electron chi connectivity index (χ3n) is 7.28. The van der Waals surface area contributed by atoms with E-state index in [9.17, 15) is 4.79 Å². The molecular weight excluding hydrogens is 380 g/mol. The fourth-order valence-electron chi connectivity index (χ4n) is 6.08. The Kier molecular flexibility index (Phi) is 5.26. The van der Waals surface area contributed by atoms with E-state index in [1.54, 1.807) is 0 Å². The van der Waals surface area contributed by atoms with Gasteiger partial charge in [0.15, 0.2) is 0 Å². The second kappa shape index (κ2) is 8.02. The zero-order valence-corrected chi connectivity index (χ0v) is 17.6. The van der Waals surface area contributed by atoms with Crippen LogP contribution in [0, 0.1) is 17.8 Å². The molecule has 2 aromatic carbocycles. The molecule has 0 saturated heterocycles. The van der Waals surface area contributed by atoms with Crippen molar-refractivity contribution in [3.8, 4) is 0 Å². The predicted octanol–water partition coefficient (Wildman–Crippen LogP) is 5.93. The van der Waals surface area contributed by atoms with Gasteiger partial charge in [0.25, 0.3) is 0 Å². The number of anilines is 2.